The van der Waals surface area contributed by atoms with Crippen LogP contribution in [0.3, 0.4) is 0 Å². The molecule has 1 aromatic heterocycles. The van der Waals surface area contributed by atoms with Crippen molar-refractivity contribution in [1.82, 2.24) is 19.8 Å². The Morgan fingerprint density at radius 2 is 1.95 bits per heavy atom. The third-order valence-electron chi connectivity index (χ3n) is 3.70. The molecule has 106 valence electrons. The number of imidazole rings is 1. The molecule has 5 heteroatoms. The van der Waals surface area contributed by atoms with Crippen molar-refractivity contribution in [2.45, 2.75) is 52.1 Å². The zero-order chi connectivity index (χ0) is 13.5. The van der Waals surface area contributed by atoms with Crippen molar-refractivity contribution in [1.29, 1.82) is 0 Å². The van der Waals surface area contributed by atoms with Crippen molar-refractivity contribution in [3.05, 3.63) is 18.2 Å². The molecule has 1 N–H and O–H groups in total. The van der Waals surface area contributed by atoms with Crippen LogP contribution in [0.1, 0.15) is 44.7 Å². The summed E-state index contributed by atoms with van der Waals surface area (Å²) in [4.78, 5) is 18.2. The van der Waals surface area contributed by atoms with Gasteiger partial charge in [-0.05, 0) is 19.8 Å². The average Bonchev–Trinajstić information content (AvgIpc) is 2.83. The zero-order valence-electron chi connectivity index (χ0n) is 11.8. The highest BCUT2D eigenvalue weighted by Gasteiger charge is 2.14. The number of nitrogens with one attached hydrogen (secondary N) is 1. The quantitative estimate of drug-likeness (QED) is 0.911. The Hall–Kier alpha value is -1.52. The lowest BCUT2D eigenvalue weighted by atomic mass is 10.1. The fourth-order valence-corrected chi connectivity index (χ4v) is 2.51. The average molecular weight is 264 g/mol. The van der Waals surface area contributed by atoms with Crippen LogP contribution < -0.4 is 5.32 Å². The molecule has 2 rings (SSSR count). The molecule has 1 aliphatic heterocycles. The normalized spacial score (nSPS) is 16.8. The minimum atomic E-state index is 0.0609. The molecule has 0 aliphatic carbocycles. The summed E-state index contributed by atoms with van der Waals surface area (Å²) in [5.41, 5.74) is 1.06. The van der Waals surface area contributed by atoms with E-state index in [2.05, 4.69) is 17.2 Å². The summed E-state index contributed by atoms with van der Waals surface area (Å²) in [6.07, 6.45) is 9.67. The fourth-order valence-electron chi connectivity index (χ4n) is 2.51. The molecule has 5 nitrogen and oxygen atoms in total. The fraction of sp³-hybridized carbons (Fsp3) is 0.714. The maximum absolute atomic E-state index is 12.1. The zero-order valence-corrected chi connectivity index (χ0v) is 11.8. The van der Waals surface area contributed by atoms with Crippen LogP contribution in [0.2, 0.25) is 0 Å². The monoisotopic (exact) mass is 264 g/mol. The molecular formula is C14H24N4O. The predicted octanol–water partition coefficient (Wildman–Crippen LogP) is 2.38. The number of aromatic nitrogens is 2. The molecule has 0 radical (unpaired) electrons. The van der Waals surface area contributed by atoms with Crippen LogP contribution in [-0.4, -0.2) is 33.6 Å². The second-order valence-corrected chi connectivity index (χ2v) is 5.08. The van der Waals surface area contributed by atoms with Gasteiger partial charge in [0.15, 0.2) is 0 Å². The summed E-state index contributed by atoms with van der Waals surface area (Å²) in [5.74, 6) is 0. The first-order valence-corrected chi connectivity index (χ1v) is 7.33. The molecular weight excluding hydrogens is 240 g/mol. The Bertz CT molecular complexity index is 394. The van der Waals surface area contributed by atoms with Gasteiger partial charge >= 0.3 is 6.03 Å². The highest BCUT2D eigenvalue weighted by Crippen LogP contribution is 2.10. The van der Waals surface area contributed by atoms with Gasteiger partial charge in [0.1, 0.15) is 0 Å². The lowest BCUT2D eigenvalue weighted by Gasteiger charge is -2.25. The predicted molar refractivity (Wildman–Crippen MR) is 74.8 cm³/mol. The number of nitrogens with zero attached hydrogens (tertiary/aromatic N) is 3. The van der Waals surface area contributed by atoms with Crippen LogP contribution in [0.15, 0.2) is 12.5 Å². The van der Waals surface area contributed by atoms with Crippen molar-refractivity contribution >= 4 is 6.03 Å². The topological polar surface area (TPSA) is 50.2 Å². The van der Waals surface area contributed by atoms with E-state index in [4.69, 9.17) is 0 Å². The van der Waals surface area contributed by atoms with Gasteiger partial charge in [0, 0.05) is 25.8 Å². The summed E-state index contributed by atoms with van der Waals surface area (Å²) >= 11 is 0. The Labute approximate surface area is 115 Å². The smallest absolute Gasteiger partial charge is 0.317 e. The van der Waals surface area contributed by atoms with Gasteiger partial charge in [-0.25, -0.2) is 9.78 Å². The second-order valence-electron chi connectivity index (χ2n) is 5.08. The molecule has 2 amide bonds. The van der Waals surface area contributed by atoms with E-state index in [1.165, 1.54) is 19.3 Å². The van der Waals surface area contributed by atoms with Crippen molar-refractivity contribution in [3.63, 3.8) is 0 Å². The van der Waals surface area contributed by atoms with Crippen LogP contribution in [0.4, 0.5) is 4.79 Å². The maximum Gasteiger partial charge on any atom is 0.317 e. The molecule has 1 aliphatic rings. The van der Waals surface area contributed by atoms with Crippen LogP contribution in [0, 0.1) is 0 Å². The van der Waals surface area contributed by atoms with Gasteiger partial charge in [0.25, 0.3) is 0 Å². The number of likely N-dealkylation sites (tertiary alicyclic amines) is 1. The standard InChI is InChI=1S/C14H24N4O/c1-2-17-12-15-10-13(17)11-16-14(19)18-8-6-4-3-5-7-9-18/h10,12H,2-9,11H2,1H3,(H,16,19). The van der Waals surface area contributed by atoms with Gasteiger partial charge in [0.2, 0.25) is 0 Å². The number of aryl methyl sites for hydroxylation is 1. The first-order valence-electron chi connectivity index (χ1n) is 7.33. The SMILES string of the molecule is CCn1cncc1CNC(=O)N1CCCCCCC1. The van der Waals surface area contributed by atoms with Crippen LogP contribution in [-0.2, 0) is 13.1 Å². The molecule has 19 heavy (non-hydrogen) atoms. The number of rotatable bonds is 3. The summed E-state index contributed by atoms with van der Waals surface area (Å²) in [5, 5.41) is 3.00. The molecule has 1 saturated heterocycles. The largest absolute Gasteiger partial charge is 0.333 e. The van der Waals surface area contributed by atoms with Gasteiger partial charge in [-0.1, -0.05) is 19.3 Å². The number of hydrogen-bond donors (Lipinski definition) is 1. The van der Waals surface area contributed by atoms with Gasteiger partial charge < -0.3 is 14.8 Å². The van der Waals surface area contributed by atoms with Crippen molar-refractivity contribution < 1.29 is 4.79 Å². The third kappa shape index (κ3) is 3.98. The highest BCUT2D eigenvalue weighted by molar-refractivity contribution is 5.74. The molecule has 0 aromatic carbocycles. The van der Waals surface area contributed by atoms with Crippen LogP contribution in [0.25, 0.3) is 0 Å². The lowest BCUT2D eigenvalue weighted by molar-refractivity contribution is 0.191. The van der Waals surface area contributed by atoms with E-state index in [0.29, 0.717) is 6.54 Å². The molecule has 0 spiro atoms. The molecule has 0 unspecified atom stereocenters. The molecule has 0 saturated carbocycles. The molecule has 2 heterocycles. The number of carbonyl (C=O) groups excluding carboxylic acids is 1. The van der Waals surface area contributed by atoms with Crippen LogP contribution >= 0.6 is 0 Å². The first-order chi connectivity index (χ1) is 9.31. The van der Waals surface area contributed by atoms with E-state index in [1.54, 1.807) is 6.33 Å². The van der Waals surface area contributed by atoms with E-state index in [1.807, 2.05) is 15.7 Å². The van der Waals surface area contributed by atoms with Crippen molar-refractivity contribution in [2.24, 2.45) is 0 Å². The molecule has 0 bridgehead atoms. The first kappa shape index (κ1) is 13.9. The van der Waals surface area contributed by atoms with Crippen molar-refractivity contribution in [2.75, 3.05) is 13.1 Å². The minimum Gasteiger partial charge on any atom is -0.333 e. The number of carbonyl (C=O) groups is 1. The second kappa shape index (κ2) is 7.16. The molecule has 1 fully saturated rings. The molecule has 0 atom stereocenters. The Kier molecular flexibility index (Phi) is 5.24. The van der Waals surface area contributed by atoms with E-state index in [9.17, 15) is 4.79 Å². The Morgan fingerprint density at radius 1 is 1.26 bits per heavy atom. The number of urea groups is 1. The Balaban J connectivity index is 1.82. The Morgan fingerprint density at radius 3 is 2.63 bits per heavy atom. The van der Waals surface area contributed by atoms with Gasteiger partial charge in [0.05, 0.1) is 18.6 Å². The number of amides is 2. The lowest BCUT2D eigenvalue weighted by Crippen LogP contribution is -2.41. The summed E-state index contributed by atoms with van der Waals surface area (Å²) in [6.45, 7) is 5.29. The van der Waals surface area contributed by atoms with E-state index in [-0.39, 0.29) is 6.03 Å². The van der Waals surface area contributed by atoms with Gasteiger partial charge in [-0.3, -0.25) is 0 Å². The van der Waals surface area contributed by atoms with Gasteiger partial charge in [-0.2, -0.15) is 0 Å². The van der Waals surface area contributed by atoms with E-state index in [0.717, 1.165) is 38.2 Å². The van der Waals surface area contributed by atoms with E-state index >= 15 is 0 Å². The summed E-state index contributed by atoms with van der Waals surface area (Å²) in [6, 6.07) is 0.0609. The highest BCUT2D eigenvalue weighted by atomic mass is 16.2. The van der Waals surface area contributed by atoms with E-state index < -0.39 is 0 Å². The summed E-state index contributed by atoms with van der Waals surface area (Å²) < 4.78 is 2.05. The van der Waals surface area contributed by atoms with Gasteiger partial charge in [-0.15, -0.1) is 0 Å². The third-order valence-corrected chi connectivity index (χ3v) is 3.70. The minimum absolute atomic E-state index is 0.0609. The maximum atomic E-state index is 12.1. The molecule has 1 aromatic rings. The summed E-state index contributed by atoms with van der Waals surface area (Å²) in [7, 11) is 0. The van der Waals surface area contributed by atoms with Crippen LogP contribution in [0.5, 0.6) is 0 Å². The van der Waals surface area contributed by atoms with Crippen molar-refractivity contribution in [3.8, 4) is 0 Å². The number of hydrogen-bond acceptors (Lipinski definition) is 2.